The van der Waals surface area contributed by atoms with E-state index in [-0.39, 0.29) is 48.2 Å². The molecule has 1 unspecified atom stereocenters. The van der Waals surface area contributed by atoms with Gasteiger partial charge in [-0.15, -0.1) is 0 Å². The number of nitrogens with zero attached hydrogens (tertiary/aromatic N) is 1. The number of aryl methyl sites for hydroxylation is 1. The number of ether oxygens (including phenoxy) is 1. The van der Waals surface area contributed by atoms with E-state index in [1.807, 2.05) is 13.8 Å². The summed E-state index contributed by atoms with van der Waals surface area (Å²) in [5.74, 6) is -0.848. The highest BCUT2D eigenvalue weighted by Gasteiger charge is 2.36. The third-order valence-corrected chi connectivity index (χ3v) is 4.99. The molecule has 0 aromatic heterocycles. The number of hydrogen-bond donors (Lipinski definition) is 1. The van der Waals surface area contributed by atoms with Crippen LogP contribution in [-0.4, -0.2) is 36.6 Å². The zero-order valence-corrected chi connectivity index (χ0v) is 14.9. The highest BCUT2D eigenvalue weighted by Crippen LogP contribution is 2.27. The maximum absolute atomic E-state index is 13.4. The molecule has 25 heavy (non-hydrogen) atoms. The van der Waals surface area contributed by atoms with E-state index < -0.39 is 0 Å². The molecule has 2 heterocycles. The normalized spacial score (nSPS) is 29.8. The van der Waals surface area contributed by atoms with Gasteiger partial charge in [0, 0.05) is 24.7 Å². The first-order chi connectivity index (χ1) is 11.8. The van der Waals surface area contributed by atoms with Crippen LogP contribution in [0.1, 0.15) is 38.7 Å². The van der Waals surface area contributed by atoms with Crippen LogP contribution < -0.4 is 10.2 Å². The monoisotopic (exact) mass is 348 g/mol. The van der Waals surface area contributed by atoms with Gasteiger partial charge in [0.25, 0.3) is 0 Å². The molecular weight excluding hydrogens is 323 g/mol. The lowest BCUT2D eigenvalue weighted by atomic mass is 9.98. The third kappa shape index (κ3) is 4.00. The summed E-state index contributed by atoms with van der Waals surface area (Å²) in [5, 5.41) is 3.08. The summed E-state index contributed by atoms with van der Waals surface area (Å²) in [7, 11) is 0. The number of amides is 2. The molecule has 2 amide bonds. The van der Waals surface area contributed by atoms with Crippen molar-refractivity contribution in [1.29, 1.82) is 0 Å². The molecule has 1 aromatic carbocycles. The largest absolute Gasteiger partial charge is 0.375 e. The molecule has 2 aliphatic heterocycles. The number of rotatable bonds is 3. The van der Waals surface area contributed by atoms with Gasteiger partial charge in [-0.3, -0.25) is 9.59 Å². The van der Waals surface area contributed by atoms with Crippen molar-refractivity contribution in [3.8, 4) is 0 Å². The predicted octanol–water partition coefficient (Wildman–Crippen LogP) is 2.56. The molecular formula is C19H25FN2O3. The van der Waals surface area contributed by atoms with Crippen molar-refractivity contribution in [2.24, 2.45) is 5.92 Å². The fraction of sp³-hybridized carbons (Fsp3) is 0.579. The molecule has 3 rings (SSSR count). The van der Waals surface area contributed by atoms with Gasteiger partial charge in [-0.1, -0.05) is 0 Å². The zero-order valence-electron chi connectivity index (χ0n) is 14.9. The number of carbonyl (C=O) groups is 2. The fourth-order valence-corrected chi connectivity index (χ4v) is 3.77. The minimum absolute atomic E-state index is 0.0824. The van der Waals surface area contributed by atoms with Crippen molar-refractivity contribution in [1.82, 2.24) is 5.32 Å². The molecule has 1 N–H and O–H groups in total. The van der Waals surface area contributed by atoms with Crippen LogP contribution in [0.4, 0.5) is 10.1 Å². The van der Waals surface area contributed by atoms with Gasteiger partial charge in [-0.25, -0.2) is 4.39 Å². The Morgan fingerprint density at radius 2 is 1.96 bits per heavy atom. The number of nitrogens with one attached hydrogen (secondary N) is 1. The van der Waals surface area contributed by atoms with E-state index in [0.29, 0.717) is 17.8 Å². The Labute approximate surface area is 147 Å². The number of halogens is 1. The molecule has 0 aliphatic carbocycles. The maximum Gasteiger partial charge on any atom is 0.227 e. The molecule has 1 aromatic rings. The van der Waals surface area contributed by atoms with Gasteiger partial charge in [0.1, 0.15) is 5.82 Å². The molecule has 2 aliphatic rings. The number of carbonyl (C=O) groups excluding carboxylic acids is 2. The van der Waals surface area contributed by atoms with E-state index in [2.05, 4.69) is 5.32 Å². The fourth-order valence-electron chi connectivity index (χ4n) is 3.77. The van der Waals surface area contributed by atoms with Gasteiger partial charge >= 0.3 is 0 Å². The van der Waals surface area contributed by atoms with Crippen LogP contribution in [0.25, 0.3) is 0 Å². The highest BCUT2D eigenvalue weighted by atomic mass is 19.1. The molecule has 0 spiro atoms. The molecule has 0 radical (unpaired) electrons. The van der Waals surface area contributed by atoms with E-state index in [1.54, 1.807) is 24.0 Å². The lowest BCUT2D eigenvalue weighted by Crippen LogP contribution is -2.46. The third-order valence-electron chi connectivity index (χ3n) is 4.99. The van der Waals surface area contributed by atoms with Crippen LogP contribution in [0, 0.1) is 18.7 Å². The highest BCUT2D eigenvalue weighted by molar-refractivity contribution is 6.00. The van der Waals surface area contributed by atoms with Crippen molar-refractivity contribution < 1.29 is 18.7 Å². The standard InChI is InChI=1S/C19H25FN2O3/c1-11-6-16(4-5-17(11)20)22-10-14(9-18(22)23)19(24)21-15-7-12(2)25-13(3)8-15/h4-6,12-15H,7-10H2,1-3H3,(H,21,24)/t12-,13+,14-,15?/m1/s1. The van der Waals surface area contributed by atoms with Gasteiger partial charge in [0.05, 0.1) is 18.1 Å². The van der Waals surface area contributed by atoms with Crippen molar-refractivity contribution in [3.63, 3.8) is 0 Å². The summed E-state index contributed by atoms with van der Waals surface area (Å²) < 4.78 is 19.1. The van der Waals surface area contributed by atoms with Crippen molar-refractivity contribution in [3.05, 3.63) is 29.6 Å². The molecule has 0 bridgehead atoms. The van der Waals surface area contributed by atoms with E-state index in [1.165, 1.54) is 6.07 Å². The summed E-state index contributed by atoms with van der Waals surface area (Å²) in [5.41, 5.74) is 1.14. The summed E-state index contributed by atoms with van der Waals surface area (Å²) in [4.78, 5) is 26.5. The smallest absolute Gasteiger partial charge is 0.227 e. The minimum atomic E-state index is -0.369. The van der Waals surface area contributed by atoms with Gasteiger partial charge < -0.3 is 15.0 Å². The minimum Gasteiger partial charge on any atom is -0.375 e. The van der Waals surface area contributed by atoms with Crippen LogP contribution in [-0.2, 0) is 14.3 Å². The van der Waals surface area contributed by atoms with Crippen LogP contribution in [0.3, 0.4) is 0 Å². The van der Waals surface area contributed by atoms with E-state index in [0.717, 1.165) is 12.8 Å². The number of benzene rings is 1. The lowest BCUT2D eigenvalue weighted by Gasteiger charge is -2.33. The summed E-state index contributed by atoms with van der Waals surface area (Å²) in [6.07, 6.45) is 2.02. The molecule has 0 saturated carbocycles. The second kappa shape index (κ2) is 7.12. The SMILES string of the molecule is Cc1cc(N2C[C@H](C(=O)NC3C[C@@H](C)O[C@@H](C)C3)CC2=O)ccc1F. The van der Waals surface area contributed by atoms with E-state index in [4.69, 9.17) is 4.74 Å². The first-order valence-corrected chi connectivity index (χ1v) is 8.86. The first kappa shape index (κ1) is 17.9. The first-order valence-electron chi connectivity index (χ1n) is 8.86. The van der Waals surface area contributed by atoms with E-state index >= 15 is 0 Å². The van der Waals surface area contributed by atoms with Gasteiger partial charge in [-0.2, -0.15) is 0 Å². The Morgan fingerprint density at radius 1 is 1.28 bits per heavy atom. The van der Waals surface area contributed by atoms with Crippen molar-refractivity contribution >= 4 is 17.5 Å². The van der Waals surface area contributed by atoms with Gasteiger partial charge in [-0.05, 0) is 57.4 Å². The van der Waals surface area contributed by atoms with E-state index in [9.17, 15) is 14.0 Å². The molecule has 2 fully saturated rings. The Balaban J connectivity index is 1.63. The summed E-state index contributed by atoms with van der Waals surface area (Å²) >= 11 is 0. The quantitative estimate of drug-likeness (QED) is 0.913. The van der Waals surface area contributed by atoms with Crippen LogP contribution >= 0.6 is 0 Å². The molecule has 136 valence electrons. The molecule has 6 heteroatoms. The van der Waals surface area contributed by atoms with Gasteiger partial charge in [0.2, 0.25) is 11.8 Å². The zero-order chi connectivity index (χ0) is 18.1. The molecule has 4 atom stereocenters. The average molecular weight is 348 g/mol. The Bertz CT molecular complexity index is 669. The second-order valence-corrected chi connectivity index (χ2v) is 7.27. The summed E-state index contributed by atoms with van der Waals surface area (Å²) in [6, 6.07) is 4.68. The molecule has 2 saturated heterocycles. The topological polar surface area (TPSA) is 58.6 Å². The number of hydrogen-bond acceptors (Lipinski definition) is 3. The van der Waals surface area contributed by atoms with Crippen molar-refractivity contribution in [2.45, 2.75) is 58.3 Å². The van der Waals surface area contributed by atoms with Crippen LogP contribution in [0.5, 0.6) is 0 Å². The Hall–Kier alpha value is -1.95. The van der Waals surface area contributed by atoms with Gasteiger partial charge in [0.15, 0.2) is 0 Å². The second-order valence-electron chi connectivity index (χ2n) is 7.27. The Kier molecular flexibility index (Phi) is 5.08. The number of anilines is 1. The summed E-state index contributed by atoms with van der Waals surface area (Å²) in [6.45, 7) is 6.01. The lowest BCUT2D eigenvalue weighted by molar-refractivity contribution is -0.128. The van der Waals surface area contributed by atoms with Crippen LogP contribution in [0.2, 0.25) is 0 Å². The van der Waals surface area contributed by atoms with Crippen molar-refractivity contribution in [2.75, 3.05) is 11.4 Å². The van der Waals surface area contributed by atoms with Crippen LogP contribution in [0.15, 0.2) is 18.2 Å². The maximum atomic E-state index is 13.4. The predicted molar refractivity (Wildman–Crippen MR) is 92.8 cm³/mol. The average Bonchev–Trinajstić information content (AvgIpc) is 2.91. The molecule has 5 nitrogen and oxygen atoms in total. The Morgan fingerprint density at radius 3 is 2.60 bits per heavy atom.